The Kier molecular flexibility index (Phi) is 1.72. The van der Waals surface area contributed by atoms with Crippen LogP contribution in [0.15, 0.2) is 12.3 Å². The molecule has 1 heterocycles. The Hall–Kier alpha value is -1.65. The molecule has 0 aromatic heterocycles. The molecular weight excluding hydrogens is 148 g/mol. The van der Waals surface area contributed by atoms with Gasteiger partial charge in [-0.2, -0.15) is 0 Å². The van der Waals surface area contributed by atoms with Crippen molar-refractivity contribution in [1.29, 1.82) is 0 Å². The third kappa shape index (κ3) is 1.43. The summed E-state index contributed by atoms with van der Waals surface area (Å²) >= 11 is 0. The second-order valence-electron chi connectivity index (χ2n) is 2.08. The van der Waals surface area contributed by atoms with Crippen molar-refractivity contribution in [2.24, 2.45) is 5.73 Å². The molecule has 5 nitrogen and oxygen atoms in total. The fourth-order valence-corrected chi connectivity index (χ4v) is 0.731. The first-order valence-electron chi connectivity index (χ1n) is 2.92. The molecule has 58 valence electrons. The van der Waals surface area contributed by atoms with E-state index in [9.17, 15) is 14.4 Å². The lowest BCUT2D eigenvalue weighted by molar-refractivity contribution is -0.140. The zero-order valence-corrected chi connectivity index (χ0v) is 5.61. The number of carbonyl (C=O) groups excluding carboxylic acids is 3. The minimum absolute atomic E-state index is 0.235. The van der Waals surface area contributed by atoms with Gasteiger partial charge >= 0.3 is 0 Å². The molecule has 1 aliphatic heterocycles. The Labute approximate surface area is 62.5 Å². The number of hydrogen-bond donors (Lipinski definition) is 1. The summed E-state index contributed by atoms with van der Waals surface area (Å²) in [5.41, 5.74) is 4.80. The fourth-order valence-electron chi connectivity index (χ4n) is 0.731. The highest BCUT2D eigenvalue weighted by Crippen LogP contribution is 2.01. The number of hydrogen-bond acceptors (Lipinski definition) is 3. The summed E-state index contributed by atoms with van der Waals surface area (Å²) in [6.07, 6.45) is 2.35. The van der Waals surface area contributed by atoms with E-state index in [0.29, 0.717) is 0 Å². The Morgan fingerprint density at radius 3 is 2.55 bits per heavy atom. The van der Waals surface area contributed by atoms with Crippen molar-refractivity contribution < 1.29 is 14.4 Å². The molecule has 0 aromatic rings. The summed E-state index contributed by atoms with van der Waals surface area (Å²) in [6.45, 7) is -0.235. The van der Waals surface area contributed by atoms with E-state index >= 15 is 0 Å². The Morgan fingerprint density at radius 1 is 1.55 bits per heavy atom. The molecule has 1 rings (SSSR count). The van der Waals surface area contributed by atoms with Crippen molar-refractivity contribution in [2.75, 3.05) is 6.54 Å². The Balaban J connectivity index is 2.63. The van der Waals surface area contributed by atoms with Gasteiger partial charge in [0.15, 0.2) is 0 Å². The first kappa shape index (κ1) is 7.46. The predicted molar refractivity (Wildman–Crippen MR) is 35.1 cm³/mol. The molecule has 0 radical (unpaired) electrons. The van der Waals surface area contributed by atoms with E-state index in [-0.39, 0.29) is 6.54 Å². The van der Waals surface area contributed by atoms with E-state index in [4.69, 9.17) is 5.73 Å². The quantitative estimate of drug-likeness (QED) is 0.486. The molecule has 11 heavy (non-hydrogen) atoms. The zero-order chi connectivity index (χ0) is 8.43. The predicted octanol–water partition coefficient (Wildman–Crippen LogP) is -1.60. The van der Waals surface area contributed by atoms with Gasteiger partial charge in [-0.25, -0.2) is 0 Å². The number of carbonyl (C=O) groups is 3. The molecule has 0 saturated carbocycles. The van der Waals surface area contributed by atoms with Gasteiger partial charge in [-0.3, -0.25) is 14.4 Å². The topological polar surface area (TPSA) is 80.5 Å². The van der Waals surface area contributed by atoms with Crippen molar-refractivity contribution in [3.05, 3.63) is 12.3 Å². The van der Waals surface area contributed by atoms with Crippen LogP contribution in [0.25, 0.3) is 0 Å². The summed E-state index contributed by atoms with van der Waals surface area (Å²) < 4.78 is 0. The maximum atomic E-state index is 10.7. The lowest BCUT2D eigenvalue weighted by Gasteiger charge is -2.07. The first-order chi connectivity index (χ1) is 5.11. The van der Waals surface area contributed by atoms with Crippen LogP contribution in [0, 0.1) is 0 Å². The molecule has 0 unspecified atom stereocenters. The van der Waals surface area contributed by atoms with E-state index in [2.05, 4.69) is 0 Å². The number of nitrogens with two attached hydrogens (primary N) is 1. The number of nitrogens with zero attached hydrogens (tertiary/aromatic N) is 1. The summed E-state index contributed by atoms with van der Waals surface area (Å²) in [7, 11) is 0. The van der Waals surface area contributed by atoms with Gasteiger partial charge in [0.2, 0.25) is 11.7 Å². The molecule has 2 N–H and O–H groups in total. The van der Waals surface area contributed by atoms with E-state index in [1.54, 1.807) is 0 Å². The van der Waals surface area contributed by atoms with Crippen LogP contribution < -0.4 is 5.73 Å². The first-order valence-corrected chi connectivity index (χ1v) is 2.92. The van der Waals surface area contributed by atoms with Crippen LogP contribution in [-0.2, 0) is 14.4 Å². The second kappa shape index (κ2) is 2.53. The van der Waals surface area contributed by atoms with Crippen molar-refractivity contribution >= 4 is 17.6 Å². The van der Waals surface area contributed by atoms with Crippen LogP contribution in [0.5, 0.6) is 0 Å². The van der Waals surface area contributed by atoms with Gasteiger partial charge < -0.3 is 10.6 Å². The SMILES string of the molecule is NC(=O)CN1C=CC(=O)C1=O. The molecule has 0 aliphatic carbocycles. The normalized spacial score (nSPS) is 16.2. The maximum absolute atomic E-state index is 10.7. The maximum Gasteiger partial charge on any atom is 0.298 e. The molecule has 0 aromatic carbocycles. The molecule has 0 spiro atoms. The van der Waals surface area contributed by atoms with Crippen LogP contribution in [-0.4, -0.2) is 29.0 Å². The van der Waals surface area contributed by atoms with Gasteiger partial charge in [-0.15, -0.1) is 0 Å². The molecule has 1 aliphatic rings. The highest BCUT2D eigenvalue weighted by molar-refractivity contribution is 6.42. The van der Waals surface area contributed by atoms with Gasteiger partial charge in [0.1, 0.15) is 6.54 Å². The number of ketones is 1. The molecule has 0 bridgehead atoms. The fraction of sp³-hybridized carbons (Fsp3) is 0.167. The third-order valence-electron chi connectivity index (χ3n) is 1.20. The van der Waals surface area contributed by atoms with Crippen LogP contribution in [0.2, 0.25) is 0 Å². The standard InChI is InChI=1S/C6H6N2O3/c7-5(10)3-8-2-1-4(9)6(8)11/h1-2H,3H2,(H2,7,10). The number of rotatable bonds is 2. The van der Waals surface area contributed by atoms with E-state index < -0.39 is 17.6 Å². The molecule has 0 fully saturated rings. The summed E-state index contributed by atoms with van der Waals surface area (Å²) in [5, 5.41) is 0. The average Bonchev–Trinajstić information content (AvgIpc) is 2.18. The number of amides is 2. The monoisotopic (exact) mass is 154 g/mol. The van der Waals surface area contributed by atoms with Gasteiger partial charge in [-0.1, -0.05) is 0 Å². The van der Waals surface area contributed by atoms with Crippen molar-refractivity contribution in [1.82, 2.24) is 4.90 Å². The van der Waals surface area contributed by atoms with Crippen LogP contribution in [0.3, 0.4) is 0 Å². The molecule has 0 atom stereocenters. The minimum Gasteiger partial charge on any atom is -0.368 e. The lowest BCUT2D eigenvalue weighted by Crippen LogP contribution is -2.34. The van der Waals surface area contributed by atoms with Gasteiger partial charge in [0.05, 0.1) is 0 Å². The van der Waals surface area contributed by atoms with Gasteiger partial charge in [0, 0.05) is 12.3 Å². The highest BCUT2D eigenvalue weighted by Gasteiger charge is 2.24. The van der Waals surface area contributed by atoms with E-state index in [1.807, 2.05) is 0 Å². The van der Waals surface area contributed by atoms with Gasteiger partial charge in [-0.05, 0) is 0 Å². The van der Waals surface area contributed by atoms with Crippen molar-refractivity contribution in [3.63, 3.8) is 0 Å². The summed E-state index contributed by atoms with van der Waals surface area (Å²) in [6, 6.07) is 0. The summed E-state index contributed by atoms with van der Waals surface area (Å²) in [4.78, 5) is 32.6. The highest BCUT2D eigenvalue weighted by atomic mass is 16.2. The minimum atomic E-state index is -0.705. The van der Waals surface area contributed by atoms with Crippen LogP contribution in [0.1, 0.15) is 0 Å². The smallest absolute Gasteiger partial charge is 0.298 e. The van der Waals surface area contributed by atoms with Gasteiger partial charge in [0.25, 0.3) is 5.91 Å². The third-order valence-corrected chi connectivity index (χ3v) is 1.20. The largest absolute Gasteiger partial charge is 0.368 e. The van der Waals surface area contributed by atoms with Crippen LogP contribution >= 0.6 is 0 Å². The zero-order valence-electron chi connectivity index (χ0n) is 5.61. The molecule has 5 heteroatoms. The second-order valence-corrected chi connectivity index (χ2v) is 2.08. The van der Waals surface area contributed by atoms with Crippen molar-refractivity contribution in [3.8, 4) is 0 Å². The molecular formula is C6H6N2O3. The van der Waals surface area contributed by atoms with E-state index in [1.165, 1.54) is 6.20 Å². The van der Waals surface area contributed by atoms with Crippen molar-refractivity contribution in [2.45, 2.75) is 0 Å². The Bertz CT molecular complexity index is 257. The summed E-state index contributed by atoms with van der Waals surface area (Å²) in [5.74, 6) is -1.97. The lowest BCUT2D eigenvalue weighted by atomic mass is 10.4. The Morgan fingerprint density at radius 2 is 2.18 bits per heavy atom. The molecule has 0 saturated heterocycles. The average molecular weight is 154 g/mol. The van der Waals surface area contributed by atoms with E-state index in [0.717, 1.165) is 11.0 Å². The molecule has 2 amide bonds. The number of primary amides is 1. The van der Waals surface area contributed by atoms with Crippen LogP contribution in [0.4, 0.5) is 0 Å².